The molecule has 1 aliphatic heterocycles. The minimum atomic E-state index is -0.377. The fraction of sp³-hybridized carbons (Fsp3) is 0.158. The first-order valence-corrected chi connectivity index (χ1v) is 8.73. The summed E-state index contributed by atoms with van der Waals surface area (Å²) < 4.78 is 5.39. The third kappa shape index (κ3) is 2.97. The van der Waals surface area contributed by atoms with Gasteiger partial charge in [0.25, 0.3) is 5.91 Å². The average molecular weight is 403 g/mol. The van der Waals surface area contributed by atoms with E-state index >= 15 is 0 Å². The molecule has 9 heteroatoms. The van der Waals surface area contributed by atoms with Crippen molar-refractivity contribution < 1.29 is 29.7 Å². The Kier molecular flexibility index (Phi) is 4.27. The first kappa shape index (κ1) is 18.0. The Hall–Kier alpha value is -3.39. The van der Waals surface area contributed by atoms with Crippen LogP contribution >= 0.6 is 11.6 Å². The summed E-state index contributed by atoms with van der Waals surface area (Å²) >= 11 is 5.94. The maximum absolute atomic E-state index is 12.8. The number of rotatable bonds is 2. The fourth-order valence-corrected chi connectivity index (χ4v) is 3.33. The topological polar surface area (TPSA) is 127 Å². The van der Waals surface area contributed by atoms with Crippen molar-refractivity contribution >= 4 is 17.5 Å². The van der Waals surface area contributed by atoms with Crippen molar-refractivity contribution in [3.05, 3.63) is 52.2 Å². The molecule has 0 bridgehead atoms. The lowest BCUT2D eigenvalue weighted by Gasteiger charge is -2.26. The van der Waals surface area contributed by atoms with Crippen molar-refractivity contribution in [3.8, 4) is 34.3 Å². The highest BCUT2D eigenvalue weighted by atomic mass is 35.5. The Balaban J connectivity index is 1.67. The Morgan fingerprint density at radius 2 is 1.82 bits per heavy atom. The number of amides is 1. The number of hydrogen-bond donors (Lipinski definition) is 4. The van der Waals surface area contributed by atoms with Crippen LogP contribution in [0.25, 0.3) is 11.3 Å². The molecule has 0 atom stereocenters. The van der Waals surface area contributed by atoms with Gasteiger partial charge in [-0.05, 0) is 24.3 Å². The number of aromatic hydroxyl groups is 4. The van der Waals surface area contributed by atoms with E-state index in [0.717, 1.165) is 6.07 Å². The summed E-state index contributed by atoms with van der Waals surface area (Å²) in [6.07, 6.45) is 0.446. The molecule has 0 saturated carbocycles. The van der Waals surface area contributed by atoms with Crippen LogP contribution in [-0.2, 0) is 13.0 Å². The van der Waals surface area contributed by atoms with Crippen LogP contribution < -0.4 is 0 Å². The summed E-state index contributed by atoms with van der Waals surface area (Å²) in [6.45, 7) is 0.564. The van der Waals surface area contributed by atoms with Crippen LogP contribution in [0.5, 0.6) is 23.0 Å². The van der Waals surface area contributed by atoms with Gasteiger partial charge in [-0.2, -0.15) is 0 Å². The zero-order chi connectivity index (χ0) is 20.0. The van der Waals surface area contributed by atoms with Gasteiger partial charge in [0.2, 0.25) is 0 Å². The minimum Gasteiger partial charge on any atom is -0.507 e. The molecular formula is C19H15ClN2O6. The van der Waals surface area contributed by atoms with Crippen molar-refractivity contribution in [2.24, 2.45) is 0 Å². The molecule has 0 fully saturated rings. The summed E-state index contributed by atoms with van der Waals surface area (Å²) in [5.74, 6) is -1.24. The molecule has 144 valence electrons. The van der Waals surface area contributed by atoms with Crippen molar-refractivity contribution in [3.63, 3.8) is 0 Å². The molecule has 0 aliphatic carbocycles. The van der Waals surface area contributed by atoms with E-state index in [-0.39, 0.29) is 57.4 Å². The van der Waals surface area contributed by atoms with E-state index in [1.807, 2.05) is 0 Å². The molecule has 0 saturated heterocycles. The number of hydrogen-bond acceptors (Lipinski definition) is 7. The SMILES string of the molecule is O=C(c1ccc(O)c(O)c1)N1CCc2noc(-c3cc(Cl)c(O)cc3O)c2C1. The Morgan fingerprint density at radius 3 is 2.57 bits per heavy atom. The summed E-state index contributed by atoms with van der Waals surface area (Å²) in [6, 6.07) is 6.35. The zero-order valence-electron chi connectivity index (χ0n) is 14.4. The number of phenolic OH excluding ortho intramolecular Hbond substituents is 4. The Labute approximate surface area is 163 Å². The quantitative estimate of drug-likeness (QED) is 0.485. The van der Waals surface area contributed by atoms with E-state index in [1.54, 1.807) is 4.90 Å². The van der Waals surface area contributed by atoms with Gasteiger partial charge >= 0.3 is 0 Å². The normalized spacial score (nSPS) is 13.4. The molecule has 1 aromatic heterocycles. The average Bonchev–Trinajstić information content (AvgIpc) is 3.09. The number of carbonyl (C=O) groups is 1. The predicted octanol–water partition coefficient (Wildman–Crippen LogP) is 3.02. The van der Waals surface area contributed by atoms with Crippen LogP contribution in [0.2, 0.25) is 5.02 Å². The standard InChI is InChI=1S/C19H15ClN2O6/c20-12-6-10(15(24)7-16(12)25)18-11-8-22(4-3-13(11)21-28-18)19(27)9-1-2-14(23)17(26)5-9/h1-2,5-7,23-26H,3-4,8H2. The molecule has 0 unspecified atom stereocenters. The van der Waals surface area contributed by atoms with Crippen LogP contribution in [-0.4, -0.2) is 42.9 Å². The van der Waals surface area contributed by atoms with Gasteiger partial charge in [-0.25, -0.2) is 0 Å². The molecule has 4 N–H and O–H groups in total. The molecule has 2 aromatic carbocycles. The van der Waals surface area contributed by atoms with E-state index < -0.39 is 0 Å². The number of aromatic nitrogens is 1. The zero-order valence-corrected chi connectivity index (χ0v) is 15.1. The second-order valence-electron chi connectivity index (χ2n) is 6.44. The van der Waals surface area contributed by atoms with Crippen LogP contribution in [0.15, 0.2) is 34.9 Å². The summed E-state index contributed by atoms with van der Waals surface area (Å²) in [5.41, 5.74) is 1.77. The number of halogens is 1. The summed E-state index contributed by atoms with van der Waals surface area (Å²) in [7, 11) is 0. The van der Waals surface area contributed by atoms with E-state index in [0.29, 0.717) is 24.2 Å². The van der Waals surface area contributed by atoms with Gasteiger partial charge in [0, 0.05) is 30.2 Å². The number of fused-ring (bicyclic) bond motifs is 1. The second kappa shape index (κ2) is 6.65. The molecule has 28 heavy (non-hydrogen) atoms. The van der Waals surface area contributed by atoms with E-state index in [9.17, 15) is 25.2 Å². The van der Waals surface area contributed by atoms with E-state index in [4.69, 9.17) is 16.1 Å². The maximum Gasteiger partial charge on any atom is 0.254 e. The number of nitrogens with zero attached hydrogens (tertiary/aromatic N) is 2. The number of benzene rings is 2. The van der Waals surface area contributed by atoms with Crippen LogP contribution in [0.4, 0.5) is 0 Å². The van der Waals surface area contributed by atoms with Gasteiger partial charge in [0.15, 0.2) is 17.3 Å². The molecular weight excluding hydrogens is 388 g/mol. The lowest BCUT2D eigenvalue weighted by Crippen LogP contribution is -2.35. The number of carbonyl (C=O) groups excluding carboxylic acids is 1. The third-order valence-corrected chi connectivity index (χ3v) is 4.96. The van der Waals surface area contributed by atoms with Crippen molar-refractivity contribution in [1.29, 1.82) is 0 Å². The molecule has 0 radical (unpaired) electrons. The lowest BCUT2D eigenvalue weighted by atomic mass is 10.00. The van der Waals surface area contributed by atoms with Gasteiger partial charge in [-0.15, -0.1) is 0 Å². The van der Waals surface area contributed by atoms with Crippen molar-refractivity contribution in [2.45, 2.75) is 13.0 Å². The smallest absolute Gasteiger partial charge is 0.254 e. The van der Waals surface area contributed by atoms with Crippen molar-refractivity contribution in [2.75, 3.05) is 6.54 Å². The maximum atomic E-state index is 12.8. The molecule has 3 aromatic rings. The fourth-order valence-electron chi connectivity index (χ4n) is 3.17. The molecule has 8 nitrogen and oxygen atoms in total. The lowest BCUT2D eigenvalue weighted by molar-refractivity contribution is 0.0734. The van der Waals surface area contributed by atoms with Gasteiger partial charge in [0.1, 0.15) is 11.5 Å². The number of phenols is 4. The van der Waals surface area contributed by atoms with Crippen molar-refractivity contribution in [1.82, 2.24) is 10.1 Å². The Bertz CT molecular complexity index is 1090. The molecule has 4 rings (SSSR count). The molecule has 1 aliphatic rings. The molecule has 2 heterocycles. The van der Waals surface area contributed by atoms with Gasteiger partial charge < -0.3 is 29.8 Å². The highest BCUT2D eigenvalue weighted by Crippen LogP contribution is 2.40. The Morgan fingerprint density at radius 1 is 1.04 bits per heavy atom. The highest BCUT2D eigenvalue weighted by Gasteiger charge is 2.29. The largest absolute Gasteiger partial charge is 0.507 e. The predicted molar refractivity (Wildman–Crippen MR) is 98.5 cm³/mol. The van der Waals surface area contributed by atoms with Gasteiger partial charge in [-0.3, -0.25) is 4.79 Å². The molecule has 0 spiro atoms. The minimum absolute atomic E-state index is 0.0428. The first-order chi connectivity index (χ1) is 13.3. The summed E-state index contributed by atoms with van der Waals surface area (Å²) in [5, 5.41) is 42.9. The van der Waals surface area contributed by atoms with Crippen LogP contribution in [0, 0.1) is 0 Å². The second-order valence-corrected chi connectivity index (χ2v) is 6.85. The monoisotopic (exact) mass is 402 g/mol. The van der Waals surface area contributed by atoms with Gasteiger partial charge in [0.05, 0.1) is 22.8 Å². The molecule has 1 amide bonds. The third-order valence-electron chi connectivity index (χ3n) is 4.66. The van der Waals surface area contributed by atoms with Crippen LogP contribution in [0.1, 0.15) is 21.6 Å². The van der Waals surface area contributed by atoms with Gasteiger partial charge in [-0.1, -0.05) is 16.8 Å². The summed E-state index contributed by atoms with van der Waals surface area (Å²) in [4.78, 5) is 14.3. The van der Waals surface area contributed by atoms with Crippen LogP contribution in [0.3, 0.4) is 0 Å². The highest BCUT2D eigenvalue weighted by molar-refractivity contribution is 6.32. The van der Waals surface area contributed by atoms with E-state index in [1.165, 1.54) is 24.3 Å². The van der Waals surface area contributed by atoms with E-state index in [2.05, 4.69) is 5.16 Å². The first-order valence-electron chi connectivity index (χ1n) is 8.35.